The molecule has 0 bridgehead atoms. The number of nitrogens with one attached hydrogen (secondary N) is 1. The molecule has 1 aliphatic heterocycles. The van der Waals surface area contributed by atoms with Crippen molar-refractivity contribution in [2.24, 2.45) is 0 Å². The summed E-state index contributed by atoms with van der Waals surface area (Å²) in [5.41, 5.74) is 1.31. The molecule has 1 aliphatic rings. The van der Waals surface area contributed by atoms with E-state index in [1.165, 1.54) is 18.2 Å². The summed E-state index contributed by atoms with van der Waals surface area (Å²) in [6.07, 6.45) is 0. The van der Waals surface area contributed by atoms with E-state index in [1.807, 2.05) is 11.0 Å². The molecule has 0 saturated carbocycles. The maximum atomic E-state index is 12.8. The Kier molecular flexibility index (Phi) is 5.58. The molecule has 0 amide bonds. The summed E-state index contributed by atoms with van der Waals surface area (Å²) in [6, 6.07) is 10.9. The van der Waals surface area contributed by atoms with Crippen molar-refractivity contribution in [2.75, 3.05) is 35.9 Å². The number of ether oxygens (including phenoxy) is 1. The minimum atomic E-state index is -3.90. The Morgan fingerprint density at radius 2 is 1.85 bits per heavy atom. The Morgan fingerprint density at radius 1 is 1.12 bits per heavy atom. The molecule has 0 unspecified atom stereocenters. The van der Waals surface area contributed by atoms with Gasteiger partial charge in [-0.2, -0.15) is 5.26 Å². The predicted octanol–water partition coefficient (Wildman–Crippen LogP) is 3.50. The highest BCUT2D eigenvalue weighted by Crippen LogP contribution is 2.32. The molecule has 2 aromatic carbocycles. The number of halogens is 2. The van der Waals surface area contributed by atoms with E-state index < -0.39 is 10.0 Å². The van der Waals surface area contributed by atoms with Crippen LogP contribution in [0.15, 0.2) is 41.3 Å². The molecule has 136 valence electrons. The minimum absolute atomic E-state index is 0.0330. The lowest BCUT2D eigenvalue weighted by molar-refractivity contribution is 0.123. The van der Waals surface area contributed by atoms with Crippen LogP contribution in [0.3, 0.4) is 0 Å². The van der Waals surface area contributed by atoms with Crippen LogP contribution in [0, 0.1) is 11.3 Å². The molecule has 6 nitrogen and oxygen atoms in total. The zero-order valence-electron chi connectivity index (χ0n) is 13.6. The molecule has 1 fully saturated rings. The standard InChI is InChI=1S/C17H15Cl2N3O3S/c18-13-2-4-17(22-5-7-25-8-6-22)16(9-13)21-26(23,24)14-3-1-12(11-20)15(19)10-14/h1-4,9-10,21H,5-8H2. The number of nitrogens with zero attached hydrogens (tertiary/aromatic N) is 2. The Labute approximate surface area is 161 Å². The fraction of sp³-hybridized carbons (Fsp3) is 0.235. The van der Waals surface area contributed by atoms with Crippen LogP contribution >= 0.6 is 23.2 Å². The molecule has 3 rings (SSSR count). The number of nitriles is 1. The van der Waals surface area contributed by atoms with Crippen molar-refractivity contribution in [1.29, 1.82) is 5.26 Å². The lowest BCUT2D eigenvalue weighted by atomic mass is 10.2. The normalized spacial score (nSPS) is 14.7. The highest BCUT2D eigenvalue weighted by atomic mass is 35.5. The highest BCUT2D eigenvalue weighted by molar-refractivity contribution is 7.92. The van der Waals surface area contributed by atoms with Crippen molar-refractivity contribution >= 4 is 44.6 Å². The van der Waals surface area contributed by atoms with Crippen molar-refractivity contribution in [1.82, 2.24) is 0 Å². The molecule has 2 aromatic rings. The van der Waals surface area contributed by atoms with E-state index in [4.69, 9.17) is 33.2 Å². The summed E-state index contributed by atoms with van der Waals surface area (Å²) in [7, 11) is -3.90. The molecule has 0 radical (unpaired) electrons. The van der Waals surface area contributed by atoms with Crippen LogP contribution in [0.1, 0.15) is 5.56 Å². The molecule has 0 atom stereocenters. The second-order valence-electron chi connectivity index (χ2n) is 5.62. The minimum Gasteiger partial charge on any atom is -0.378 e. The predicted molar refractivity (Wildman–Crippen MR) is 101 cm³/mol. The van der Waals surface area contributed by atoms with Crippen LogP contribution in [0.5, 0.6) is 0 Å². The third-order valence-electron chi connectivity index (χ3n) is 3.93. The zero-order valence-corrected chi connectivity index (χ0v) is 15.9. The Bertz CT molecular complexity index is 968. The topological polar surface area (TPSA) is 82.4 Å². The van der Waals surface area contributed by atoms with Crippen molar-refractivity contribution in [3.63, 3.8) is 0 Å². The van der Waals surface area contributed by atoms with Gasteiger partial charge in [0.15, 0.2) is 0 Å². The maximum Gasteiger partial charge on any atom is 0.262 e. The summed E-state index contributed by atoms with van der Waals surface area (Å²) < 4.78 is 33.4. The number of hydrogen-bond acceptors (Lipinski definition) is 5. The number of morpholine rings is 1. The van der Waals surface area contributed by atoms with E-state index in [0.717, 1.165) is 5.69 Å². The quantitative estimate of drug-likeness (QED) is 0.831. The number of rotatable bonds is 4. The summed E-state index contributed by atoms with van der Waals surface area (Å²) in [5.74, 6) is 0. The average molecular weight is 412 g/mol. The van der Waals surface area contributed by atoms with E-state index in [0.29, 0.717) is 37.0 Å². The highest BCUT2D eigenvalue weighted by Gasteiger charge is 2.21. The van der Waals surface area contributed by atoms with Crippen LogP contribution in [-0.2, 0) is 14.8 Å². The molecule has 0 aliphatic carbocycles. The first kappa shape index (κ1) is 18.8. The summed E-state index contributed by atoms with van der Waals surface area (Å²) in [4.78, 5) is 2.00. The molecule has 1 saturated heterocycles. The largest absolute Gasteiger partial charge is 0.378 e. The molecule has 1 N–H and O–H groups in total. The molecule has 0 spiro atoms. The van der Waals surface area contributed by atoms with Crippen LogP contribution in [0.2, 0.25) is 10.0 Å². The number of anilines is 2. The van der Waals surface area contributed by atoms with Gasteiger partial charge in [-0.05, 0) is 36.4 Å². The smallest absolute Gasteiger partial charge is 0.262 e. The van der Waals surface area contributed by atoms with Gasteiger partial charge in [0.1, 0.15) is 6.07 Å². The van der Waals surface area contributed by atoms with Crippen molar-refractivity contribution in [3.8, 4) is 6.07 Å². The van der Waals surface area contributed by atoms with Crippen LogP contribution in [0.4, 0.5) is 11.4 Å². The third-order valence-corrected chi connectivity index (χ3v) is 5.84. The van der Waals surface area contributed by atoms with E-state index in [9.17, 15) is 8.42 Å². The first-order valence-electron chi connectivity index (χ1n) is 7.75. The average Bonchev–Trinajstić information content (AvgIpc) is 2.62. The van der Waals surface area contributed by atoms with Gasteiger partial charge in [-0.25, -0.2) is 8.42 Å². The van der Waals surface area contributed by atoms with Gasteiger partial charge in [0.2, 0.25) is 0 Å². The first-order valence-corrected chi connectivity index (χ1v) is 9.99. The third kappa shape index (κ3) is 4.05. The van der Waals surface area contributed by atoms with Gasteiger partial charge in [-0.1, -0.05) is 23.2 Å². The monoisotopic (exact) mass is 411 g/mol. The van der Waals surface area contributed by atoms with Crippen LogP contribution < -0.4 is 9.62 Å². The number of benzene rings is 2. The lowest BCUT2D eigenvalue weighted by Crippen LogP contribution is -2.36. The van der Waals surface area contributed by atoms with E-state index in [-0.39, 0.29) is 15.5 Å². The Morgan fingerprint density at radius 3 is 2.50 bits per heavy atom. The molecule has 26 heavy (non-hydrogen) atoms. The van der Waals surface area contributed by atoms with Gasteiger partial charge in [-0.3, -0.25) is 4.72 Å². The summed E-state index contributed by atoms with van der Waals surface area (Å²) >= 11 is 12.0. The van der Waals surface area contributed by atoms with Crippen molar-refractivity contribution in [2.45, 2.75) is 4.90 Å². The number of hydrogen-bond donors (Lipinski definition) is 1. The van der Waals surface area contributed by atoms with Gasteiger partial charge in [0.25, 0.3) is 10.0 Å². The zero-order chi connectivity index (χ0) is 18.7. The maximum absolute atomic E-state index is 12.8. The fourth-order valence-electron chi connectivity index (χ4n) is 2.63. The van der Waals surface area contributed by atoms with E-state index in [1.54, 1.807) is 18.2 Å². The summed E-state index contributed by atoms with van der Waals surface area (Å²) in [6.45, 7) is 2.44. The molecule has 9 heteroatoms. The molecule has 1 heterocycles. The Balaban J connectivity index is 1.95. The molecule has 0 aromatic heterocycles. The van der Waals surface area contributed by atoms with Crippen molar-refractivity contribution < 1.29 is 13.2 Å². The van der Waals surface area contributed by atoms with Crippen molar-refractivity contribution in [3.05, 3.63) is 52.0 Å². The Hall–Kier alpha value is -1.98. The van der Waals surface area contributed by atoms with E-state index in [2.05, 4.69) is 4.72 Å². The van der Waals surface area contributed by atoms with Gasteiger partial charge >= 0.3 is 0 Å². The second-order valence-corrected chi connectivity index (χ2v) is 8.15. The number of sulfonamides is 1. The fourth-order valence-corrected chi connectivity index (χ4v) is 4.18. The first-order chi connectivity index (χ1) is 12.4. The lowest BCUT2D eigenvalue weighted by Gasteiger charge is -2.30. The molecular formula is C17H15Cl2N3O3S. The van der Waals surface area contributed by atoms with Gasteiger partial charge in [0, 0.05) is 18.1 Å². The van der Waals surface area contributed by atoms with Crippen LogP contribution in [0.25, 0.3) is 0 Å². The van der Waals surface area contributed by atoms with Gasteiger partial charge in [-0.15, -0.1) is 0 Å². The van der Waals surface area contributed by atoms with Gasteiger partial charge in [0.05, 0.1) is 40.1 Å². The second kappa shape index (κ2) is 7.72. The van der Waals surface area contributed by atoms with E-state index >= 15 is 0 Å². The van der Waals surface area contributed by atoms with Gasteiger partial charge < -0.3 is 9.64 Å². The van der Waals surface area contributed by atoms with Crippen LogP contribution in [-0.4, -0.2) is 34.7 Å². The SMILES string of the molecule is N#Cc1ccc(S(=O)(=O)Nc2cc(Cl)ccc2N2CCOCC2)cc1Cl. The summed E-state index contributed by atoms with van der Waals surface area (Å²) in [5, 5.41) is 9.42. The molecular weight excluding hydrogens is 397 g/mol.